The normalized spacial score (nSPS) is 9.59. The Bertz CT molecular complexity index is 304. The molecule has 0 aliphatic carbocycles. The summed E-state index contributed by atoms with van der Waals surface area (Å²) in [5.74, 6) is -1.08. The maximum atomic E-state index is 8.89. The zero-order valence-electron chi connectivity index (χ0n) is 11.2. The highest BCUT2D eigenvalue weighted by Gasteiger charge is 1.98. The molecule has 0 spiro atoms. The van der Waals surface area contributed by atoms with Gasteiger partial charge >= 0.3 is 0 Å². The van der Waals surface area contributed by atoms with E-state index in [1.165, 1.54) is 38.6 Å². The molecule has 0 fully saturated rings. The van der Waals surface area contributed by atoms with Gasteiger partial charge in [0.2, 0.25) is 6.33 Å². The molecule has 1 aromatic heterocycles. The number of unbranched alkanes of at least 4 members (excludes halogenated alkanes) is 4. The molecule has 4 heteroatoms. The van der Waals surface area contributed by atoms with Crippen LogP contribution in [-0.2, 0) is 18.4 Å². The Kier molecular flexibility index (Phi) is 9.11. The zero-order chi connectivity index (χ0) is 13.1. The predicted molar refractivity (Wildman–Crippen MR) is 65.0 cm³/mol. The topological polar surface area (TPSA) is 48.9 Å². The van der Waals surface area contributed by atoms with Crippen molar-refractivity contribution >= 4 is 5.97 Å². The van der Waals surface area contributed by atoms with Gasteiger partial charge in [-0.2, -0.15) is 0 Å². The predicted octanol–water partition coefficient (Wildman–Crippen LogP) is 1.04. The van der Waals surface area contributed by atoms with Crippen LogP contribution in [0.4, 0.5) is 0 Å². The second kappa shape index (κ2) is 9.87. The monoisotopic (exact) mass is 240 g/mol. The Morgan fingerprint density at radius 1 is 1.29 bits per heavy atom. The van der Waals surface area contributed by atoms with E-state index in [-0.39, 0.29) is 0 Å². The molecule has 17 heavy (non-hydrogen) atoms. The zero-order valence-corrected chi connectivity index (χ0v) is 11.2. The SMILES string of the molecule is CC(=O)[O-].CCCCCCC[n+]1ccn(C)c1. The quantitative estimate of drug-likeness (QED) is 0.551. The number of carboxylic acids is 1. The first-order chi connectivity index (χ1) is 8.06. The molecule has 0 saturated carbocycles. The highest BCUT2D eigenvalue weighted by Crippen LogP contribution is 2.01. The molecule has 0 aliphatic heterocycles. The number of aromatic nitrogens is 2. The van der Waals surface area contributed by atoms with Crippen LogP contribution >= 0.6 is 0 Å². The van der Waals surface area contributed by atoms with E-state index in [2.05, 4.69) is 41.8 Å². The van der Waals surface area contributed by atoms with Gasteiger partial charge in [0.15, 0.2) is 0 Å². The third-order valence-electron chi connectivity index (χ3n) is 2.34. The van der Waals surface area contributed by atoms with Gasteiger partial charge in [0, 0.05) is 5.97 Å². The van der Waals surface area contributed by atoms with E-state index in [0.29, 0.717) is 0 Å². The second-order valence-corrected chi connectivity index (χ2v) is 4.22. The molecule has 0 amide bonds. The number of aliphatic carboxylic acids is 1. The first kappa shape index (κ1) is 15.7. The number of nitrogens with zero attached hydrogens (tertiary/aromatic N) is 2. The summed E-state index contributed by atoms with van der Waals surface area (Å²) in [7, 11) is 2.06. The lowest BCUT2D eigenvalue weighted by atomic mass is 10.1. The minimum absolute atomic E-state index is 0.972. The lowest BCUT2D eigenvalue weighted by Gasteiger charge is -1.97. The summed E-state index contributed by atoms with van der Waals surface area (Å²) in [5.41, 5.74) is 0. The van der Waals surface area contributed by atoms with E-state index in [1.807, 2.05) is 0 Å². The van der Waals surface area contributed by atoms with Gasteiger partial charge in [0.1, 0.15) is 12.4 Å². The molecule has 0 aromatic carbocycles. The van der Waals surface area contributed by atoms with Gasteiger partial charge in [-0.3, -0.25) is 0 Å². The van der Waals surface area contributed by atoms with Gasteiger partial charge in [-0.1, -0.05) is 26.2 Å². The third-order valence-corrected chi connectivity index (χ3v) is 2.34. The lowest BCUT2D eigenvalue weighted by Crippen LogP contribution is -2.30. The van der Waals surface area contributed by atoms with Crippen LogP contribution in [0.25, 0.3) is 0 Å². The summed E-state index contributed by atoms with van der Waals surface area (Å²) in [5, 5.41) is 8.89. The average Bonchev–Trinajstić information content (AvgIpc) is 2.63. The van der Waals surface area contributed by atoms with Crippen LogP contribution in [0.3, 0.4) is 0 Å². The molecule has 0 N–H and O–H groups in total. The summed E-state index contributed by atoms with van der Waals surface area (Å²) in [6, 6.07) is 0. The number of aryl methyl sites for hydroxylation is 2. The molecule has 1 rings (SSSR count). The van der Waals surface area contributed by atoms with E-state index in [0.717, 1.165) is 6.92 Å². The van der Waals surface area contributed by atoms with Crippen molar-refractivity contribution in [2.75, 3.05) is 0 Å². The van der Waals surface area contributed by atoms with E-state index in [9.17, 15) is 0 Å². The maximum Gasteiger partial charge on any atom is 0.243 e. The summed E-state index contributed by atoms with van der Waals surface area (Å²) in [4.78, 5) is 8.89. The fourth-order valence-electron chi connectivity index (χ4n) is 1.53. The molecule has 0 atom stereocenters. The molecule has 0 saturated heterocycles. The largest absolute Gasteiger partial charge is 0.550 e. The number of hydrogen-bond donors (Lipinski definition) is 0. The van der Waals surface area contributed by atoms with Gasteiger partial charge < -0.3 is 9.90 Å². The molecule has 0 unspecified atom stereocenters. The van der Waals surface area contributed by atoms with E-state index >= 15 is 0 Å². The van der Waals surface area contributed by atoms with Crippen molar-refractivity contribution in [1.29, 1.82) is 0 Å². The van der Waals surface area contributed by atoms with Crippen molar-refractivity contribution in [2.24, 2.45) is 7.05 Å². The van der Waals surface area contributed by atoms with Gasteiger partial charge in [-0.15, -0.1) is 0 Å². The minimum atomic E-state index is -1.08. The molecular weight excluding hydrogens is 216 g/mol. The van der Waals surface area contributed by atoms with Crippen LogP contribution in [0.15, 0.2) is 18.7 Å². The number of rotatable bonds is 6. The van der Waals surface area contributed by atoms with Crippen molar-refractivity contribution in [3.63, 3.8) is 0 Å². The number of carbonyl (C=O) groups excluding carboxylic acids is 1. The Balaban J connectivity index is 0.000000557. The van der Waals surface area contributed by atoms with Crippen molar-refractivity contribution in [1.82, 2.24) is 4.57 Å². The van der Waals surface area contributed by atoms with Gasteiger partial charge in [0.25, 0.3) is 0 Å². The average molecular weight is 240 g/mol. The van der Waals surface area contributed by atoms with Crippen molar-refractivity contribution < 1.29 is 14.5 Å². The highest BCUT2D eigenvalue weighted by molar-refractivity contribution is 5.60. The molecule has 4 nitrogen and oxygen atoms in total. The van der Waals surface area contributed by atoms with Crippen molar-refractivity contribution in [3.8, 4) is 0 Å². The fourth-order valence-corrected chi connectivity index (χ4v) is 1.53. The van der Waals surface area contributed by atoms with Crippen LogP contribution in [0.1, 0.15) is 46.0 Å². The van der Waals surface area contributed by atoms with Crippen LogP contribution in [0.2, 0.25) is 0 Å². The third kappa shape index (κ3) is 11.0. The van der Waals surface area contributed by atoms with Crippen molar-refractivity contribution in [2.45, 2.75) is 52.5 Å². The number of hydrogen-bond acceptors (Lipinski definition) is 2. The van der Waals surface area contributed by atoms with E-state index in [1.54, 1.807) is 0 Å². The summed E-state index contributed by atoms with van der Waals surface area (Å²) < 4.78 is 4.35. The summed E-state index contributed by atoms with van der Waals surface area (Å²) in [6.07, 6.45) is 13.2. The standard InChI is InChI=1S/C11H21N2.C2H4O2/c1-3-4-5-6-7-8-13-10-9-12(2)11-13;1-2(3)4/h9-11H,3-8H2,1-2H3;1H3,(H,3,4)/q+1;/p-1. The Hall–Kier alpha value is -1.32. The van der Waals surface area contributed by atoms with Gasteiger partial charge in [-0.25, -0.2) is 9.13 Å². The lowest BCUT2D eigenvalue weighted by molar-refractivity contribution is -0.696. The first-order valence-electron chi connectivity index (χ1n) is 6.24. The van der Waals surface area contributed by atoms with Crippen LogP contribution in [-0.4, -0.2) is 10.5 Å². The fraction of sp³-hybridized carbons (Fsp3) is 0.692. The Morgan fingerprint density at radius 2 is 1.88 bits per heavy atom. The molecular formula is C13H24N2O2. The number of carboxylic acid groups (broad SMARTS) is 1. The smallest absolute Gasteiger partial charge is 0.243 e. The maximum absolute atomic E-state index is 8.89. The molecule has 98 valence electrons. The Labute approximate surface area is 104 Å². The first-order valence-corrected chi connectivity index (χ1v) is 6.24. The number of carbonyl (C=O) groups is 1. The van der Waals surface area contributed by atoms with Crippen LogP contribution < -0.4 is 9.67 Å². The summed E-state index contributed by atoms with van der Waals surface area (Å²) in [6.45, 7) is 4.40. The van der Waals surface area contributed by atoms with Crippen LogP contribution in [0.5, 0.6) is 0 Å². The van der Waals surface area contributed by atoms with E-state index in [4.69, 9.17) is 9.90 Å². The Morgan fingerprint density at radius 3 is 2.35 bits per heavy atom. The number of imidazole rings is 1. The van der Waals surface area contributed by atoms with Gasteiger partial charge in [0.05, 0.1) is 13.6 Å². The molecule has 0 bridgehead atoms. The highest BCUT2D eigenvalue weighted by atomic mass is 16.4. The molecule has 1 heterocycles. The van der Waals surface area contributed by atoms with E-state index < -0.39 is 5.97 Å². The molecule has 0 radical (unpaired) electrons. The summed E-state index contributed by atoms with van der Waals surface area (Å²) >= 11 is 0. The second-order valence-electron chi connectivity index (χ2n) is 4.22. The van der Waals surface area contributed by atoms with Crippen LogP contribution in [0, 0.1) is 0 Å². The molecule has 1 aromatic rings. The van der Waals surface area contributed by atoms with Gasteiger partial charge in [-0.05, 0) is 19.8 Å². The minimum Gasteiger partial charge on any atom is -0.550 e. The van der Waals surface area contributed by atoms with Crippen molar-refractivity contribution in [3.05, 3.63) is 18.7 Å². The molecule has 0 aliphatic rings.